The van der Waals surface area contributed by atoms with Crippen LogP contribution in [0.2, 0.25) is 0 Å². The summed E-state index contributed by atoms with van der Waals surface area (Å²) in [7, 11) is 1.63. The number of hydrogen-bond acceptors (Lipinski definition) is 2. The molecule has 3 nitrogen and oxygen atoms in total. The van der Waals surface area contributed by atoms with Crippen LogP contribution in [-0.4, -0.2) is 13.0 Å². The Bertz CT molecular complexity index is 943. The van der Waals surface area contributed by atoms with Gasteiger partial charge in [-0.3, -0.25) is 9.69 Å². The number of anilines is 1. The Hall–Kier alpha value is -3.33. The number of fused-ring (bicyclic) bond motifs is 1. The van der Waals surface area contributed by atoms with Gasteiger partial charge in [-0.05, 0) is 42.0 Å². The first-order valence-corrected chi connectivity index (χ1v) is 8.12. The largest absolute Gasteiger partial charge is 0.497 e. The van der Waals surface area contributed by atoms with Crippen LogP contribution in [0.3, 0.4) is 0 Å². The van der Waals surface area contributed by atoms with Crippen molar-refractivity contribution >= 4 is 23.4 Å². The number of rotatable bonds is 3. The summed E-state index contributed by atoms with van der Waals surface area (Å²) in [6, 6.07) is 25.3. The maximum absolute atomic E-state index is 13.0. The molecule has 1 heterocycles. The van der Waals surface area contributed by atoms with Crippen LogP contribution in [-0.2, 0) is 0 Å². The Balaban J connectivity index is 1.86. The summed E-state index contributed by atoms with van der Waals surface area (Å²) in [5.41, 5.74) is 4.44. The molecule has 3 heteroatoms. The molecule has 0 bridgehead atoms. The second-order valence-corrected chi connectivity index (χ2v) is 5.82. The molecule has 0 saturated carbocycles. The molecule has 1 amide bonds. The van der Waals surface area contributed by atoms with Gasteiger partial charge in [0.25, 0.3) is 5.91 Å². The predicted molar refractivity (Wildman–Crippen MR) is 101 cm³/mol. The molecule has 0 aliphatic carbocycles. The van der Waals surface area contributed by atoms with E-state index >= 15 is 0 Å². The van der Waals surface area contributed by atoms with Gasteiger partial charge in [0.1, 0.15) is 5.75 Å². The van der Waals surface area contributed by atoms with E-state index in [4.69, 9.17) is 4.74 Å². The first-order chi connectivity index (χ1) is 12.3. The first-order valence-electron chi connectivity index (χ1n) is 8.12. The van der Waals surface area contributed by atoms with Crippen LogP contribution in [0.15, 0.2) is 78.9 Å². The van der Waals surface area contributed by atoms with Gasteiger partial charge in [-0.15, -0.1) is 0 Å². The molecule has 3 aromatic carbocycles. The van der Waals surface area contributed by atoms with Gasteiger partial charge >= 0.3 is 0 Å². The maximum atomic E-state index is 13.0. The summed E-state index contributed by atoms with van der Waals surface area (Å²) >= 11 is 0. The number of methoxy groups -OCH3 is 1. The SMILES string of the molecule is COc1ccc(N2C(=O)c3ccccc3/C2=C\c2ccccc2)cc1. The second-order valence-electron chi connectivity index (χ2n) is 5.82. The number of hydrogen-bond donors (Lipinski definition) is 0. The molecular weight excluding hydrogens is 310 g/mol. The third kappa shape index (κ3) is 2.70. The van der Waals surface area contributed by atoms with Crippen molar-refractivity contribution in [3.63, 3.8) is 0 Å². The van der Waals surface area contributed by atoms with Crippen molar-refractivity contribution in [1.29, 1.82) is 0 Å². The van der Waals surface area contributed by atoms with Gasteiger partial charge in [0.05, 0.1) is 12.8 Å². The van der Waals surface area contributed by atoms with Gasteiger partial charge in [-0.1, -0.05) is 48.5 Å². The third-order valence-electron chi connectivity index (χ3n) is 4.31. The molecule has 1 aliphatic rings. The molecule has 122 valence electrons. The van der Waals surface area contributed by atoms with E-state index < -0.39 is 0 Å². The van der Waals surface area contributed by atoms with Crippen molar-refractivity contribution < 1.29 is 9.53 Å². The molecule has 0 unspecified atom stereocenters. The van der Waals surface area contributed by atoms with Crippen molar-refractivity contribution in [1.82, 2.24) is 0 Å². The lowest BCUT2D eigenvalue weighted by Gasteiger charge is -2.19. The lowest BCUT2D eigenvalue weighted by molar-refractivity contribution is 0.101. The van der Waals surface area contributed by atoms with Crippen LogP contribution in [0.5, 0.6) is 5.75 Å². The standard InChI is InChI=1S/C22H17NO2/c1-25-18-13-11-17(12-14-18)23-21(15-16-7-3-2-4-8-16)19-9-5-6-10-20(19)22(23)24/h2-15H,1H3/b21-15+. The quantitative estimate of drug-likeness (QED) is 0.688. The predicted octanol–water partition coefficient (Wildman–Crippen LogP) is 4.85. The fourth-order valence-corrected chi connectivity index (χ4v) is 3.08. The number of ether oxygens (including phenoxy) is 1. The monoisotopic (exact) mass is 327 g/mol. The smallest absolute Gasteiger partial charge is 0.263 e. The number of amides is 1. The van der Waals surface area contributed by atoms with Crippen molar-refractivity contribution in [3.8, 4) is 5.75 Å². The molecule has 1 aliphatic heterocycles. The Morgan fingerprint density at radius 2 is 1.44 bits per heavy atom. The van der Waals surface area contributed by atoms with E-state index in [0.717, 1.165) is 33.8 Å². The fraction of sp³-hybridized carbons (Fsp3) is 0.0455. The van der Waals surface area contributed by atoms with Crippen molar-refractivity contribution in [2.75, 3.05) is 12.0 Å². The van der Waals surface area contributed by atoms with Gasteiger partial charge < -0.3 is 4.74 Å². The molecule has 0 N–H and O–H groups in total. The van der Waals surface area contributed by atoms with Crippen molar-refractivity contribution in [3.05, 3.63) is 95.6 Å². The summed E-state index contributed by atoms with van der Waals surface area (Å²) < 4.78 is 5.22. The number of nitrogens with zero attached hydrogens (tertiary/aromatic N) is 1. The third-order valence-corrected chi connectivity index (χ3v) is 4.31. The lowest BCUT2D eigenvalue weighted by atomic mass is 10.1. The van der Waals surface area contributed by atoms with Crippen molar-refractivity contribution in [2.45, 2.75) is 0 Å². The van der Waals surface area contributed by atoms with Crippen LogP contribution in [0.25, 0.3) is 11.8 Å². The van der Waals surface area contributed by atoms with E-state index in [9.17, 15) is 4.79 Å². The zero-order valence-electron chi connectivity index (χ0n) is 13.8. The molecule has 0 saturated heterocycles. The van der Waals surface area contributed by atoms with Crippen LogP contribution >= 0.6 is 0 Å². The molecule has 0 aromatic heterocycles. The maximum Gasteiger partial charge on any atom is 0.263 e. The van der Waals surface area contributed by atoms with Gasteiger partial charge in [-0.25, -0.2) is 0 Å². The van der Waals surface area contributed by atoms with E-state index in [1.807, 2.05) is 84.9 Å². The lowest BCUT2D eigenvalue weighted by Crippen LogP contribution is -2.22. The second kappa shape index (κ2) is 6.29. The van der Waals surface area contributed by atoms with E-state index in [-0.39, 0.29) is 5.91 Å². The van der Waals surface area contributed by atoms with E-state index in [2.05, 4.69) is 0 Å². The summed E-state index contributed by atoms with van der Waals surface area (Å²) in [5.74, 6) is 0.754. The van der Waals surface area contributed by atoms with Gasteiger partial charge in [0.15, 0.2) is 0 Å². The van der Waals surface area contributed by atoms with Crippen LogP contribution in [0, 0.1) is 0 Å². The van der Waals surface area contributed by atoms with Gasteiger partial charge in [0.2, 0.25) is 0 Å². The summed E-state index contributed by atoms with van der Waals surface area (Å²) in [4.78, 5) is 14.8. The average Bonchev–Trinajstić information content (AvgIpc) is 2.95. The minimum absolute atomic E-state index is 0.0112. The summed E-state index contributed by atoms with van der Waals surface area (Å²) in [6.45, 7) is 0. The number of benzene rings is 3. The zero-order chi connectivity index (χ0) is 17.2. The average molecular weight is 327 g/mol. The Morgan fingerprint density at radius 3 is 2.12 bits per heavy atom. The van der Waals surface area contributed by atoms with Gasteiger partial charge in [-0.2, -0.15) is 0 Å². The normalized spacial score (nSPS) is 14.7. The Labute approximate surface area is 146 Å². The molecule has 3 aromatic rings. The van der Waals surface area contributed by atoms with Crippen LogP contribution in [0.4, 0.5) is 5.69 Å². The highest BCUT2D eigenvalue weighted by molar-refractivity contribution is 6.24. The molecule has 0 spiro atoms. The Morgan fingerprint density at radius 1 is 0.800 bits per heavy atom. The van der Waals surface area contributed by atoms with Crippen LogP contribution in [0.1, 0.15) is 21.5 Å². The minimum atomic E-state index is -0.0112. The number of carbonyl (C=O) groups is 1. The highest BCUT2D eigenvalue weighted by Gasteiger charge is 2.32. The topological polar surface area (TPSA) is 29.5 Å². The minimum Gasteiger partial charge on any atom is -0.497 e. The highest BCUT2D eigenvalue weighted by Crippen LogP contribution is 2.38. The molecule has 0 fully saturated rings. The van der Waals surface area contributed by atoms with Gasteiger partial charge in [0, 0.05) is 16.8 Å². The van der Waals surface area contributed by atoms with E-state index in [0.29, 0.717) is 0 Å². The molecule has 4 rings (SSSR count). The van der Waals surface area contributed by atoms with Crippen LogP contribution < -0.4 is 9.64 Å². The fourth-order valence-electron chi connectivity index (χ4n) is 3.08. The molecule has 0 atom stereocenters. The van der Waals surface area contributed by atoms with E-state index in [1.54, 1.807) is 12.0 Å². The zero-order valence-corrected chi connectivity index (χ0v) is 13.8. The molecular formula is C22H17NO2. The first kappa shape index (κ1) is 15.2. The molecule has 0 radical (unpaired) electrons. The van der Waals surface area contributed by atoms with Crippen molar-refractivity contribution in [2.24, 2.45) is 0 Å². The highest BCUT2D eigenvalue weighted by atomic mass is 16.5. The number of carbonyl (C=O) groups excluding carboxylic acids is 1. The Kier molecular flexibility index (Phi) is 3.82. The summed E-state index contributed by atoms with van der Waals surface area (Å²) in [5, 5.41) is 0. The summed E-state index contributed by atoms with van der Waals surface area (Å²) in [6.07, 6.45) is 2.05. The molecule has 25 heavy (non-hydrogen) atoms. The van der Waals surface area contributed by atoms with E-state index in [1.165, 1.54) is 0 Å².